The molecule has 2 aliphatic carbocycles. The maximum Gasteiger partial charge on any atom is 0.311 e. The van der Waals surface area contributed by atoms with Crippen molar-refractivity contribution >= 4 is 11.9 Å². The molecule has 5 nitrogen and oxygen atoms in total. The van der Waals surface area contributed by atoms with Crippen LogP contribution in [0.3, 0.4) is 0 Å². The van der Waals surface area contributed by atoms with Crippen molar-refractivity contribution in [2.24, 2.45) is 41.4 Å². The molecule has 0 heterocycles. The quantitative estimate of drug-likeness (QED) is 0.450. The molecule has 6 heteroatoms. The Morgan fingerprint density at radius 3 is 2.44 bits per heavy atom. The van der Waals surface area contributed by atoms with Crippen molar-refractivity contribution in [3.63, 3.8) is 0 Å². The van der Waals surface area contributed by atoms with Crippen molar-refractivity contribution in [3.05, 3.63) is 0 Å². The van der Waals surface area contributed by atoms with Crippen LogP contribution < -0.4 is 0 Å². The zero-order valence-electron chi connectivity index (χ0n) is 20.9. The molecule has 2 fully saturated rings. The van der Waals surface area contributed by atoms with Gasteiger partial charge >= 0.3 is 11.9 Å². The molecule has 0 bridgehead atoms. The zero-order valence-corrected chi connectivity index (χ0v) is 20.9. The summed E-state index contributed by atoms with van der Waals surface area (Å²) in [6, 6.07) is 0. The first-order chi connectivity index (χ1) is 15.1. The molecule has 0 aromatic heterocycles. The normalized spacial score (nSPS) is 34.0. The smallest absolute Gasteiger partial charge is 0.311 e. The van der Waals surface area contributed by atoms with Crippen molar-refractivity contribution < 1.29 is 28.6 Å². The third-order valence-corrected chi connectivity index (χ3v) is 8.26. The second-order valence-corrected chi connectivity index (χ2v) is 10.7. The Kier molecular flexibility index (Phi) is 10.4. The fourth-order valence-corrected chi connectivity index (χ4v) is 5.97. The number of hydrogen-bond acceptors (Lipinski definition) is 5. The predicted molar refractivity (Wildman–Crippen MR) is 123 cm³/mol. The Morgan fingerprint density at radius 1 is 1.12 bits per heavy atom. The van der Waals surface area contributed by atoms with Crippen LogP contribution in [-0.4, -0.2) is 42.5 Å². The summed E-state index contributed by atoms with van der Waals surface area (Å²) in [5, 5.41) is 10.5. The minimum Gasteiger partial charge on any atom is -0.469 e. The molecule has 0 amide bonds. The molecular formula is C26H45FO5. The number of aliphatic hydroxyl groups is 1. The van der Waals surface area contributed by atoms with Gasteiger partial charge in [-0.15, -0.1) is 0 Å². The number of rotatable bonds is 10. The lowest BCUT2D eigenvalue weighted by Crippen LogP contribution is -2.47. The first kappa shape index (κ1) is 27.1. The molecule has 0 aromatic carbocycles. The summed E-state index contributed by atoms with van der Waals surface area (Å²) >= 11 is 0. The lowest BCUT2D eigenvalue weighted by molar-refractivity contribution is -0.167. The van der Waals surface area contributed by atoms with Gasteiger partial charge in [-0.05, 0) is 69.1 Å². The van der Waals surface area contributed by atoms with E-state index in [-0.39, 0.29) is 24.4 Å². The number of ether oxygens (including phenoxy) is 2. The topological polar surface area (TPSA) is 72.8 Å². The van der Waals surface area contributed by atoms with Crippen LogP contribution in [0.15, 0.2) is 0 Å². The van der Waals surface area contributed by atoms with Crippen LogP contribution in [0.2, 0.25) is 0 Å². The highest BCUT2D eigenvalue weighted by Gasteiger charge is 2.47. The van der Waals surface area contributed by atoms with E-state index in [1.807, 2.05) is 13.8 Å². The van der Waals surface area contributed by atoms with Crippen molar-refractivity contribution in [2.75, 3.05) is 7.11 Å². The highest BCUT2D eigenvalue weighted by molar-refractivity contribution is 5.72. The van der Waals surface area contributed by atoms with Gasteiger partial charge in [0.2, 0.25) is 0 Å². The van der Waals surface area contributed by atoms with E-state index in [1.54, 1.807) is 0 Å². The fraction of sp³-hybridized carbons (Fsp3) is 0.923. The molecule has 2 aliphatic rings. The molecule has 0 saturated heterocycles. The predicted octanol–water partition coefficient (Wildman–Crippen LogP) is 5.33. The SMILES string of the molecule is CC[C@H](C)C(=O)O[C@H]1C[C@@H](C)CC2CC[C@H](C)[C@H](CC[C@@H](O)C[C@H](F)C(C)C(=O)OC)C21. The summed E-state index contributed by atoms with van der Waals surface area (Å²) in [6.07, 6.45) is 4.08. The van der Waals surface area contributed by atoms with Crippen LogP contribution in [0.1, 0.15) is 86.0 Å². The summed E-state index contributed by atoms with van der Waals surface area (Å²) in [6.45, 7) is 9.93. The van der Waals surface area contributed by atoms with E-state index >= 15 is 0 Å². The van der Waals surface area contributed by atoms with Crippen LogP contribution in [0.25, 0.3) is 0 Å². The van der Waals surface area contributed by atoms with Gasteiger partial charge in [0.1, 0.15) is 12.3 Å². The van der Waals surface area contributed by atoms with Crippen LogP contribution in [0.5, 0.6) is 0 Å². The molecule has 3 unspecified atom stereocenters. The molecule has 1 N–H and O–H groups in total. The summed E-state index contributed by atoms with van der Waals surface area (Å²) in [5.41, 5.74) is 0. The number of hydrogen-bond donors (Lipinski definition) is 1. The van der Waals surface area contributed by atoms with E-state index in [9.17, 15) is 19.1 Å². The van der Waals surface area contributed by atoms with Crippen LogP contribution in [0, 0.1) is 41.4 Å². The van der Waals surface area contributed by atoms with E-state index in [1.165, 1.54) is 14.0 Å². The molecule has 186 valence electrons. The number of carbonyl (C=O) groups excluding carboxylic acids is 2. The standard InChI is InChI=1S/C26H45FO5/c1-7-16(3)25(29)32-23-13-15(2)12-19-9-8-17(4)21(24(19)23)11-10-20(28)14-22(27)18(5)26(30)31-6/h15-24,28H,7-14H2,1-6H3/t15-,16-,17-,18?,19?,20+,21-,22-,23-,24?/m0/s1. The molecule has 32 heavy (non-hydrogen) atoms. The Hall–Kier alpha value is -1.17. The molecule has 0 radical (unpaired) electrons. The minimum absolute atomic E-state index is 0.0606. The first-order valence-corrected chi connectivity index (χ1v) is 12.7. The summed E-state index contributed by atoms with van der Waals surface area (Å²) in [5.74, 6) is 0.568. The summed E-state index contributed by atoms with van der Waals surface area (Å²) in [4.78, 5) is 24.2. The van der Waals surface area contributed by atoms with Crippen LogP contribution in [-0.2, 0) is 19.1 Å². The number of alkyl halides is 1. The average molecular weight is 457 g/mol. The van der Waals surface area contributed by atoms with E-state index in [0.717, 1.165) is 38.5 Å². The largest absolute Gasteiger partial charge is 0.469 e. The van der Waals surface area contributed by atoms with Crippen LogP contribution in [0.4, 0.5) is 4.39 Å². The van der Waals surface area contributed by atoms with E-state index in [4.69, 9.17) is 4.74 Å². The maximum atomic E-state index is 14.4. The fourth-order valence-electron chi connectivity index (χ4n) is 5.97. The monoisotopic (exact) mass is 456 g/mol. The third kappa shape index (κ3) is 6.91. The lowest BCUT2D eigenvalue weighted by Gasteiger charge is -2.50. The van der Waals surface area contributed by atoms with Gasteiger partial charge in [0, 0.05) is 12.3 Å². The molecule has 2 rings (SSSR count). The number of fused-ring (bicyclic) bond motifs is 1. The van der Waals surface area contributed by atoms with Gasteiger partial charge in [0.05, 0.1) is 25.0 Å². The van der Waals surface area contributed by atoms with E-state index in [0.29, 0.717) is 36.0 Å². The first-order valence-electron chi connectivity index (χ1n) is 12.7. The maximum absolute atomic E-state index is 14.4. The zero-order chi connectivity index (χ0) is 24.0. The van der Waals surface area contributed by atoms with Crippen molar-refractivity contribution in [1.82, 2.24) is 0 Å². The number of methoxy groups -OCH3 is 1. The van der Waals surface area contributed by atoms with Gasteiger partial charge in [0.15, 0.2) is 0 Å². The van der Waals surface area contributed by atoms with Crippen molar-refractivity contribution in [2.45, 2.75) is 104 Å². The van der Waals surface area contributed by atoms with Gasteiger partial charge in [-0.1, -0.05) is 34.1 Å². The number of halogens is 1. The average Bonchev–Trinajstić information content (AvgIpc) is 2.76. The van der Waals surface area contributed by atoms with E-state index < -0.39 is 24.2 Å². The Bertz CT molecular complexity index is 611. The summed E-state index contributed by atoms with van der Waals surface area (Å²) in [7, 11) is 1.25. The van der Waals surface area contributed by atoms with Crippen molar-refractivity contribution in [3.8, 4) is 0 Å². The van der Waals surface area contributed by atoms with Gasteiger partial charge in [-0.3, -0.25) is 9.59 Å². The summed E-state index contributed by atoms with van der Waals surface area (Å²) < 4.78 is 25.1. The number of aliphatic hydroxyl groups excluding tert-OH is 1. The number of carbonyl (C=O) groups is 2. The second-order valence-electron chi connectivity index (χ2n) is 10.7. The minimum atomic E-state index is -1.42. The molecule has 0 spiro atoms. The van der Waals surface area contributed by atoms with Gasteiger partial charge in [-0.25, -0.2) is 4.39 Å². The van der Waals surface area contributed by atoms with Gasteiger partial charge in [-0.2, -0.15) is 0 Å². The number of esters is 2. The van der Waals surface area contributed by atoms with Crippen molar-refractivity contribution in [1.29, 1.82) is 0 Å². The molecule has 0 aromatic rings. The Morgan fingerprint density at radius 2 is 1.81 bits per heavy atom. The second kappa shape index (κ2) is 12.3. The molecule has 2 saturated carbocycles. The molecular weight excluding hydrogens is 411 g/mol. The molecule has 10 atom stereocenters. The lowest BCUT2D eigenvalue weighted by atomic mass is 9.58. The highest BCUT2D eigenvalue weighted by atomic mass is 19.1. The Labute approximate surface area is 193 Å². The Balaban J connectivity index is 2.04. The highest BCUT2D eigenvalue weighted by Crippen LogP contribution is 2.50. The molecule has 0 aliphatic heterocycles. The van der Waals surface area contributed by atoms with E-state index in [2.05, 4.69) is 18.6 Å². The van der Waals surface area contributed by atoms with Gasteiger partial charge < -0.3 is 14.6 Å². The third-order valence-electron chi connectivity index (χ3n) is 8.26. The van der Waals surface area contributed by atoms with Gasteiger partial charge in [0.25, 0.3) is 0 Å². The van der Waals surface area contributed by atoms with Crippen LogP contribution >= 0.6 is 0 Å².